The third-order valence-electron chi connectivity index (χ3n) is 4.57. The minimum absolute atomic E-state index is 0.279. The fourth-order valence-electron chi connectivity index (χ4n) is 2.70. The van der Waals surface area contributed by atoms with Crippen molar-refractivity contribution in [2.24, 2.45) is 5.73 Å². The number of halogens is 1. The average molecular weight is 355 g/mol. The van der Waals surface area contributed by atoms with Crippen LogP contribution in [0.2, 0.25) is 0 Å². The molecule has 0 bridgehead atoms. The first-order valence-electron chi connectivity index (χ1n) is 9.39. The standard InChI is InChI=1S/C20H34FNO3/c1-2-3-4-5-6-7-12-25-19-9-8-17(13-18(19)14-21)10-11-20(22,15-23)16-24/h8-9,13,23-24H,2-7,10-12,14-16,22H2,1H3. The Morgan fingerprint density at radius 1 is 1.08 bits per heavy atom. The van der Waals surface area contributed by atoms with E-state index in [1.165, 1.54) is 25.7 Å². The summed E-state index contributed by atoms with van der Waals surface area (Å²) >= 11 is 0. The molecule has 0 saturated carbocycles. The van der Waals surface area contributed by atoms with Gasteiger partial charge in [0, 0.05) is 5.56 Å². The Hall–Kier alpha value is -1.17. The molecule has 0 aromatic heterocycles. The minimum atomic E-state index is -0.997. The highest BCUT2D eigenvalue weighted by atomic mass is 19.1. The van der Waals surface area contributed by atoms with E-state index >= 15 is 0 Å². The molecule has 0 aliphatic rings. The molecule has 4 N–H and O–H groups in total. The lowest BCUT2D eigenvalue weighted by atomic mass is 9.93. The van der Waals surface area contributed by atoms with Gasteiger partial charge in [0.25, 0.3) is 0 Å². The number of ether oxygens (including phenoxy) is 1. The summed E-state index contributed by atoms with van der Waals surface area (Å²) in [6.07, 6.45) is 8.15. The molecule has 144 valence electrons. The second-order valence-corrected chi connectivity index (χ2v) is 6.87. The van der Waals surface area contributed by atoms with Gasteiger partial charge in [0.15, 0.2) is 0 Å². The maximum atomic E-state index is 13.3. The van der Waals surface area contributed by atoms with Crippen molar-refractivity contribution in [1.82, 2.24) is 0 Å². The van der Waals surface area contributed by atoms with E-state index in [1.54, 1.807) is 12.1 Å². The van der Waals surface area contributed by atoms with Gasteiger partial charge in [-0.25, -0.2) is 4.39 Å². The van der Waals surface area contributed by atoms with Crippen LogP contribution in [0, 0.1) is 0 Å². The molecular weight excluding hydrogens is 321 g/mol. The van der Waals surface area contributed by atoms with Gasteiger partial charge in [-0.1, -0.05) is 45.1 Å². The molecule has 0 atom stereocenters. The highest BCUT2D eigenvalue weighted by molar-refractivity contribution is 5.37. The molecule has 0 amide bonds. The van der Waals surface area contributed by atoms with Gasteiger partial charge in [-0.15, -0.1) is 0 Å². The Morgan fingerprint density at radius 2 is 1.76 bits per heavy atom. The van der Waals surface area contributed by atoms with Crippen LogP contribution in [0.5, 0.6) is 5.75 Å². The van der Waals surface area contributed by atoms with Crippen molar-refractivity contribution in [3.63, 3.8) is 0 Å². The SMILES string of the molecule is CCCCCCCCOc1ccc(CCC(N)(CO)CO)cc1CF. The van der Waals surface area contributed by atoms with Crippen molar-refractivity contribution in [3.05, 3.63) is 29.3 Å². The van der Waals surface area contributed by atoms with E-state index in [1.807, 2.05) is 6.07 Å². The smallest absolute Gasteiger partial charge is 0.125 e. The first-order valence-corrected chi connectivity index (χ1v) is 9.39. The number of aryl methyl sites for hydroxylation is 1. The van der Waals surface area contributed by atoms with Gasteiger partial charge in [-0.05, 0) is 37.0 Å². The molecule has 0 spiro atoms. The fraction of sp³-hybridized carbons (Fsp3) is 0.700. The largest absolute Gasteiger partial charge is 0.493 e. The predicted octanol–water partition coefficient (Wildman–Crippen LogP) is 3.51. The topological polar surface area (TPSA) is 75.7 Å². The zero-order valence-electron chi connectivity index (χ0n) is 15.5. The molecule has 25 heavy (non-hydrogen) atoms. The summed E-state index contributed by atoms with van der Waals surface area (Å²) in [6, 6.07) is 5.48. The third kappa shape index (κ3) is 8.17. The predicted molar refractivity (Wildman–Crippen MR) is 99.5 cm³/mol. The van der Waals surface area contributed by atoms with Gasteiger partial charge in [-0.2, -0.15) is 0 Å². The third-order valence-corrected chi connectivity index (χ3v) is 4.57. The van der Waals surface area contributed by atoms with E-state index < -0.39 is 12.2 Å². The van der Waals surface area contributed by atoms with E-state index in [9.17, 15) is 14.6 Å². The minimum Gasteiger partial charge on any atom is -0.493 e. The number of unbranched alkanes of at least 4 members (excludes halogenated alkanes) is 5. The summed E-state index contributed by atoms with van der Waals surface area (Å²) in [6.45, 7) is 1.68. The maximum absolute atomic E-state index is 13.3. The lowest BCUT2D eigenvalue weighted by molar-refractivity contribution is 0.115. The van der Waals surface area contributed by atoms with Crippen LogP contribution in [-0.2, 0) is 13.1 Å². The van der Waals surface area contributed by atoms with Gasteiger partial charge in [0.2, 0.25) is 0 Å². The molecule has 1 aromatic rings. The molecule has 0 aliphatic heterocycles. The van der Waals surface area contributed by atoms with Crippen LogP contribution in [0.25, 0.3) is 0 Å². The van der Waals surface area contributed by atoms with Crippen molar-refractivity contribution in [2.45, 2.75) is 70.5 Å². The van der Waals surface area contributed by atoms with Gasteiger partial charge in [-0.3, -0.25) is 0 Å². The fourth-order valence-corrected chi connectivity index (χ4v) is 2.70. The number of aliphatic hydroxyl groups excluding tert-OH is 2. The van der Waals surface area contributed by atoms with Gasteiger partial charge in [0.05, 0.1) is 25.4 Å². The van der Waals surface area contributed by atoms with Gasteiger partial charge in [0.1, 0.15) is 12.4 Å². The van der Waals surface area contributed by atoms with Crippen LogP contribution in [0.4, 0.5) is 4.39 Å². The summed E-state index contributed by atoms with van der Waals surface area (Å²) in [5.74, 6) is 0.600. The second kappa shape index (κ2) is 12.2. The number of hydrogen-bond donors (Lipinski definition) is 3. The zero-order valence-corrected chi connectivity index (χ0v) is 15.5. The van der Waals surface area contributed by atoms with E-state index in [4.69, 9.17) is 10.5 Å². The number of benzene rings is 1. The Kier molecular flexibility index (Phi) is 10.7. The number of aliphatic hydroxyl groups is 2. The van der Waals surface area contributed by atoms with E-state index in [2.05, 4.69) is 6.92 Å². The Labute approximate surface area is 151 Å². The van der Waals surface area contributed by atoms with Crippen LogP contribution in [-0.4, -0.2) is 35.6 Å². The molecule has 1 aromatic carbocycles. The number of rotatable bonds is 14. The summed E-state index contributed by atoms with van der Waals surface area (Å²) in [7, 11) is 0. The normalized spacial score (nSPS) is 11.7. The van der Waals surface area contributed by atoms with Crippen molar-refractivity contribution in [2.75, 3.05) is 19.8 Å². The molecule has 0 aliphatic carbocycles. The second-order valence-electron chi connectivity index (χ2n) is 6.87. The van der Waals surface area contributed by atoms with Crippen LogP contribution in [0.3, 0.4) is 0 Å². The van der Waals surface area contributed by atoms with Gasteiger partial charge < -0.3 is 20.7 Å². The summed E-state index contributed by atoms with van der Waals surface area (Å²) in [4.78, 5) is 0. The van der Waals surface area contributed by atoms with Crippen LogP contribution >= 0.6 is 0 Å². The van der Waals surface area contributed by atoms with Crippen molar-refractivity contribution >= 4 is 0 Å². The molecule has 4 nitrogen and oxygen atoms in total. The highest BCUT2D eigenvalue weighted by Gasteiger charge is 2.22. The van der Waals surface area contributed by atoms with Crippen molar-refractivity contribution < 1.29 is 19.3 Å². The van der Waals surface area contributed by atoms with Crippen LogP contribution in [0.1, 0.15) is 63.0 Å². The average Bonchev–Trinajstić information content (AvgIpc) is 2.65. The number of nitrogens with two attached hydrogens (primary N) is 1. The molecule has 0 unspecified atom stereocenters. The molecule has 0 fully saturated rings. The van der Waals surface area contributed by atoms with E-state index in [0.717, 1.165) is 18.4 Å². The zero-order chi connectivity index (χ0) is 18.5. The monoisotopic (exact) mass is 355 g/mol. The number of alkyl halides is 1. The van der Waals surface area contributed by atoms with Crippen molar-refractivity contribution in [1.29, 1.82) is 0 Å². The molecule has 0 heterocycles. The quantitative estimate of drug-likeness (QED) is 0.446. The molecule has 1 rings (SSSR count). The molecular formula is C20H34FNO3. The van der Waals surface area contributed by atoms with Crippen molar-refractivity contribution in [3.8, 4) is 5.75 Å². The summed E-state index contributed by atoms with van der Waals surface area (Å²) < 4.78 is 19.0. The number of hydrogen-bond acceptors (Lipinski definition) is 4. The Balaban J connectivity index is 2.46. The molecule has 5 heteroatoms. The molecule has 0 saturated heterocycles. The van der Waals surface area contributed by atoms with Crippen LogP contribution < -0.4 is 10.5 Å². The van der Waals surface area contributed by atoms with E-state index in [0.29, 0.717) is 30.8 Å². The summed E-state index contributed by atoms with van der Waals surface area (Å²) in [5.41, 5.74) is 6.34. The Morgan fingerprint density at radius 3 is 2.40 bits per heavy atom. The van der Waals surface area contributed by atoms with Crippen LogP contribution in [0.15, 0.2) is 18.2 Å². The Bertz CT molecular complexity index is 478. The maximum Gasteiger partial charge on any atom is 0.125 e. The summed E-state index contributed by atoms with van der Waals surface area (Å²) in [5, 5.41) is 18.5. The highest BCUT2D eigenvalue weighted by Crippen LogP contribution is 2.23. The lowest BCUT2D eigenvalue weighted by Gasteiger charge is -2.24. The first-order chi connectivity index (χ1) is 12.1. The molecule has 0 radical (unpaired) electrons. The van der Waals surface area contributed by atoms with E-state index in [-0.39, 0.29) is 13.2 Å². The van der Waals surface area contributed by atoms with Gasteiger partial charge >= 0.3 is 0 Å². The lowest BCUT2D eigenvalue weighted by Crippen LogP contribution is -2.47. The first kappa shape index (κ1) is 21.9.